The largest absolute Gasteiger partial charge is 0.339 e. The van der Waals surface area contributed by atoms with Crippen molar-refractivity contribution in [1.82, 2.24) is 4.90 Å². The molecule has 1 heterocycles. The Hall–Kier alpha value is -1.41. The van der Waals surface area contributed by atoms with Gasteiger partial charge in [0.25, 0.3) is 5.91 Å². The van der Waals surface area contributed by atoms with Crippen molar-refractivity contribution in [2.45, 2.75) is 19.8 Å². The molecule has 1 aliphatic heterocycles. The molecule has 0 aliphatic carbocycles. The van der Waals surface area contributed by atoms with E-state index in [4.69, 9.17) is 5.26 Å². The van der Waals surface area contributed by atoms with E-state index in [0.717, 1.165) is 0 Å². The molecule has 1 aliphatic rings. The standard InChI is InChI=1S/C14H14BrFN2O/c1-14(9-17)2-4-18(5-3-14)13(19)10-6-11(15)8-12(16)7-10/h6-8H,2-5H2,1H3. The molecule has 0 bridgehead atoms. The molecule has 0 unspecified atom stereocenters. The molecule has 19 heavy (non-hydrogen) atoms. The molecule has 1 saturated heterocycles. The molecule has 0 atom stereocenters. The average Bonchev–Trinajstić information content (AvgIpc) is 2.38. The van der Waals surface area contributed by atoms with Crippen LogP contribution in [0, 0.1) is 22.6 Å². The van der Waals surface area contributed by atoms with E-state index in [0.29, 0.717) is 36.0 Å². The molecular formula is C14H14BrFN2O. The molecule has 1 aromatic rings. The van der Waals surface area contributed by atoms with E-state index in [9.17, 15) is 9.18 Å². The van der Waals surface area contributed by atoms with Gasteiger partial charge in [0.2, 0.25) is 0 Å². The Kier molecular flexibility index (Phi) is 3.91. The Labute approximate surface area is 120 Å². The molecule has 0 N–H and O–H groups in total. The molecule has 1 fully saturated rings. The first kappa shape index (κ1) is 14.0. The van der Waals surface area contributed by atoms with Crippen molar-refractivity contribution in [3.63, 3.8) is 0 Å². The molecule has 0 radical (unpaired) electrons. The van der Waals surface area contributed by atoms with Crippen molar-refractivity contribution >= 4 is 21.8 Å². The molecule has 0 spiro atoms. The second-order valence-corrected chi connectivity index (χ2v) is 6.04. The summed E-state index contributed by atoms with van der Waals surface area (Å²) in [6.07, 6.45) is 1.32. The molecular weight excluding hydrogens is 311 g/mol. The van der Waals surface area contributed by atoms with Crippen LogP contribution in [0.2, 0.25) is 0 Å². The quantitative estimate of drug-likeness (QED) is 0.795. The Balaban J connectivity index is 2.12. The van der Waals surface area contributed by atoms with E-state index in [1.165, 1.54) is 12.1 Å². The minimum atomic E-state index is -0.434. The topological polar surface area (TPSA) is 44.1 Å². The lowest BCUT2D eigenvalue weighted by molar-refractivity contribution is 0.0661. The highest BCUT2D eigenvalue weighted by Gasteiger charge is 2.32. The van der Waals surface area contributed by atoms with Crippen LogP contribution >= 0.6 is 15.9 Å². The number of piperidine rings is 1. The molecule has 1 aromatic carbocycles. The molecule has 0 aromatic heterocycles. The van der Waals surface area contributed by atoms with Crippen molar-refractivity contribution in [3.8, 4) is 6.07 Å². The van der Waals surface area contributed by atoms with E-state index in [1.807, 2.05) is 6.92 Å². The third-order valence-corrected chi connectivity index (χ3v) is 3.99. The van der Waals surface area contributed by atoms with Gasteiger partial charge in [0.05, 0.1) is 11.5 Å². The molecule has 1 amide bonds. The van der Waals surface area contributed by atoms with Crippen LogP contribution in [-0.2, 0) is 0 Å². The van der Waals surface area contributed by atoms with E-state index < -0.39 is 5.82 Å². The van der Waals surface area contributed by atoms with Gasteiger partial charge in [-0.15, -0.1) is 0 Å². The second-order valence-electron chi connectivity index (χ2n) is 5.12. The average molecular weight is 325 g/mol. The number of hydrogen-bond acceptors (Lipinski definition) is 2. The third kappa shape index (κ3) is 3.13. The second kappa shape index (κ2) is 5.30. The van der Waals surface area contributed by atoms with Crippen LogP contribution in [0.1, 0.15) is 30.1 Å². The van der Waals surface area contributed by atoms with Crippen LogP contribution in [0.3, 0.4) is 0 Å². The summed E-state index contributed by atoms with van der Waals surface area (Å²) in [4.78, 5) is 13.9. The molecule has 3 nitrogen and oxygen atoms in total. The van der Waals surface area contributed by atoms with Crippen molar-refractivity contribution < 1.29 is 9.18 Å². The SMILES string of the molecule is CC1(C#N)CCN(C(=O)c2cc(F)cc(Br)c2)CC1. The summed E-state index contributed by atoms with van der Waals surface area (Å²) in [7, 11) is 0. The van der Waals surface area contributed by atoms with Gasteiger partial charge in [0.1, 0.15) is 5.82 Å². The van der Waals surface area contributed by atoms with Crippen LogP contribution in [0.25, 0.3) is 0 Å². The molecule has 2 rings (SSSR count). The van der Waals surface area contributed by atoms with Gasteiger partial charge >= 0.3 is 0 Å². The van der Waals surface area contributed by atoms with Crippen LogP contribution in [0.4, 0.5) is 4.39 Å². The Morgan fingerprint density at radius 3 is 2.58 bits per heavy atom. The van der Waals surface area contributed by atoms with Gasteiger partial charge < -0.3 is 4.90 Å². The highest BCUT2D eigenvalue weighted by Crippen LogP contribution is 2.30. The van der Waals surface area contributed by atoms with Gasteiger partial charge in [0.15, 0.2) is 0 Å². The van der Waals surface area contributed by atoms with E-state index in [-0.39, 0.29) is 11.3 Å². The first-order chi connectivity index (χ1) is 8.93. The number of likely N-dealkylation sites (tertiary alicyclic amines) is 1. The lowest BCUT2D eigenvalue weighted by Gasteiger charge is -2.35. The number of nitriles is 1. The minimum Gasteiger partial charge on any atom is -0.339 e. The zero-order valence-electron chi connectivity index (χ0n) is 10.6. The first-order valence-electron chi connectivity index (χ1n) is 6.10. The maximum atomic E-state index is 13.3. The van der Waals surface area contributed by atoms with E-state index in [1.54, 1.807) is 11.0 Å². The summed E-state index contributed by atoms with van der Waals surface area (Å²) < 4.78 is 13.8. The van der Waals surface area contributed by atoms with Crippen LogP contribution in [0.5, 0.6) is 0 Å². The third-order valence-electron chi connectivity index (χ3n) is 3.53. The molecule has 0 saturated carbocycles. The van der Waals surface area contributed by atoms with E-state index >= 15 is 0 Å². The van der Waals surface area contributed by atoms with Gasteiger partial charge in [-0.05, 0) is 38.0 Å². The van der Waals surface area contributed by atoms with Crippen molar-refractivity contribution in [1.29, 1.82) is 5.26 Å². The Morgan fingerprint density at radius 2 is 2.05 bits per heavy atom. The normalized spacial score (nSPS) is 17.9. The van der Waals surface area contributed by atoms with Gasteiger partial charge in [-0.2, -0.15) is 5.26 Å². The molecule has 5 heteroatoms. The smallest absolute Gasteiger partial charge is 0.253 e. The Bertz CT molecular complexity index is 525. The number of carbonyl (C=O) groups excluding carboxylic acids is 1. The lowest BCUT2D eigenvalue weighted by atomic mass is 9.82. The highest BCUT2D eigenvalue weighted by molar-refractivity contribution is 9.10. The van der Waals surface area contributed by atoms with Crippen molar-refractivity contribution in [2.75, 3.05) is 13.1 Å². The summed E-state index contributed by atoms with van der Waals surface area (Å²) in [5.74, 6) is -0.614. The number of hydrogen-bond donors (Lipinski definition) is 0. The zero-order chi connectivity index (χ0) is 14.0. The minimum absolute atomic E-state index is 0.180. The fourth-order valence-electron chi connectivity index (χ4n) is 2.18. The Morgan fingerprint density at radius 1 is 1.42 bits per heavy atom. The number of benzene rings is 1. The molecule has 100 valence electrons. The predicted molar refractivity (Wildman–Crippen MR) is 73.0 cm³/mol. The summed E-state index contributed by atoms with van der Waals surface area (Å²) in [5.41, 5.74) is -0.00770. The van der Waals surface area contributed by atoms with Crippen LogP contribution < -0.4 is 0 Å². The first-order valence-corrected chi connectivity index (χ1v) is 6.89. The van der Waals surface area contributed by atoms with Gasteiger partial charge in [-0.3, -0.25) is 4.79 Å². The summed E-state index contributed by atoms with van der Waals surface area (Å²) >= 11 is 3.18. The fraction of sp³-hybridized carbons (Fsp3) is 0.429. The van der Waals surface area contributed by atoms with Crippen molar-refractivity contribution in [3.05, 3.63) is 34.1 Å². The van der Waals surface area contributed by atoms with Gasteiger partial charge in [-0.25, -0.2) is 4.39 Å². The fourth-order valence-corrected chi connectivity index (χ4v) is 2.64. The number of rotatable bonds is 1. The van der Waals surface area contributed by atoms with Crippen molar-refractivity contribution in [2.24, 2.45) is 5.41 Å². The monoisotopic (exact) mass is 324 g/mol. The maximum absolute atomic E-state index is 13.3. The van der Waals surface area contributed by atoms with E-state index in [2.05, 4.69) is 22.0 Å². The van der Waals surface area contributed by atoms with Gasteiger partial charge in [-0.1, -0.05) is 15.9 Å². The number of amides is 1. The maximum Gasteiger partial charge on any atom is 0.253 e. The summed E-state index contributed by atoms with van der Waals surface area (Å²) in [6.45, 7) is 2.99. The highest BCUT2D eigenvalue weighted by atomic mass is 79.9. The van der Waals surface area contributed by atoms with Crippen LogP contribution in [-0.4, -0.2) is 23.9 Å². The number of nitrogens with zero attached hydrogens (tertiary/aromatic N) is 2. The predicted octanol–water partition coefficient (Wildman–Crippen LogP) is 3.35. The summed E-state index contributed by atoms with van der Waals surface area (Å²) in [5, 5.41) is 9.06. The zero-order valence-corrected chi connectivity index (χ0v) is 12.2. The lowest BCUT2D eigenvalue weighted by Crippen LogP contribution is -2.41. The summed E-state index contributed by atoms with van der Waals surface area (Å²) in [6, 6.07) is 6.47. The number of halogens is 2. The van der Waals surface area contributed by atoms with Gasteiger partial charge in [0, 0.05) is 23.1 Å². The number of carbonyl (C=O) groups is 1. The van der Waals surface area contributed by atoms with Crippen LogP contribution in [0.15, 0.2) is 22.7 Å².